The van der Waals surface area contributed by atoms with Gasteiger partial charge in [-0.3, -0.25) is 0 Å². The van der Waals surface area contributed by atoms with Crippen LogP contribution in [0.3, 0.4) is 0 Å². The zero-order valence-electron chi connectivity index (χ0n) is 5.57. The van der Waals surface area contributed by atoms with Gasteiger partial charge in [-0.1, -0.05) is 0 Å². The predicted octanol–water partition coefficient (Wildman–Crippen LogP) is 1.25. The molecule has 1 rings (SSSR count). The van der Waals surface area contributed by atoms with Gasteiger partial charge in [0.2, 0.25) is 0 Å². The minimum absolute atomic E-state index is 0. The molecule has 0 unspecified atom stereocenters. The lowest BCUT2D eigenvalue weighted by Crippen LogP contribution is -1.93. The lowest BCUT2D eigenvalue weighted by molar-refractivity contribution is 0.415. The second kappa shape index (κ2) is 4.11. The number of halogens is 1. The van der Waals surface area contributed by atoms with E-state index in [1.807, 2.05) is 0 Å². The van der Waals surface area contributed by atoms with Crippen molar-refractivity contribution in [1.82, 2.24) is 4.98 Å². The van der Waals surface area contributed by atoms with E-state index < -0.39 is 0 Å². The van der Waals surface area contributed by atoms with Crippen LogP contribution in [-0.4, -0.2) is 12.1 Å². The molecule has 10 heavy (non-hydrogen) atoms. The lowest BCUT2D eigenvalue weighted by Gasteiger charge is -1.99. The van der Waals surface area contributed by atoms with E-state index in [9.17, 15) is 0 Å². The highest BCUT2D eigenvalue weighted by molar-refractivity contribution is 8.93. The smallest absolute Gasteiger partial charge is 0.166 e. The Labute approximate surface area is 70.0 Å². The van der Waals surface area contributed by atoms with E-state index in [1.165, 1.54) is 0 Å². The summed E-state index contributed by atoms with van der Waals surface area (Å²) in [5, 5.41) is 0. The molecule has 0 radical (unpaired) electrons. The Kier molecular flexibility index (Phi) is 3.79. The number of pyridine rings is 1. The fourth-order valence-electron chi connectivity index (χ4n) is 0.575. The van der Waals surface area contributed by atoms with Crippen molar-refractivity contribution >= 4 is 22.8 Å². The summed E-state index contributed by atoms with van der Waals surface area (Å²) in [5.41, 5.74) is 5.39. The standard InChI is InChI=1S/C6H8N2O.BrH/c1-9-5-3-2-4-8-6(5)7;/h2-4H,1H3,(H2,7,8);1H. The van der Waals surface area contributed by atoms with E-state index in [-0.39, 0.29) is 17.0 Å². The van der Waals surface area contributed by atoms with Crippen LogP contribution in [0.15, 0.2) is 18.3 Å². The average molecular weight is 205 g/mol. The Hall–Kier alpha value is -0.770. The second-order valence-corrected chi connectivity index (χ2v) is 1.59. The van der Waals surface area contributed by atoms with Gasteiger partial charge in [0.15, 0.2) is 11.6 Å². The molecule has 0 aliphatic rings. The zero-order chi connectivity index (χ0) is 6.69. The van der Waals surface area contributed by atoms with E-state index in [4.69, 9.17) is 10.5 Å². The van der Waals surface area contributed by atoms with Gasteiger partial charge in [0.25, 0.3) is 0 Å². The number of rotatable bonds is 1. The minimum atomic E-state index is 0. The molecule has 0 spiro atoms. The van der Waals surface area contributed by atoms with Crippen LogP contribution >= 0.6 is 17.0 Å². The highest BCUT2D eigenvalue weighted by Crippen LogP contribution is 2.14. The van der Waals surface area contributed by atoms with Crippen LogP contribution in [0.2, 0.25) is 0 Å². The summed E-state index contributed by atoms with van der Waals surface area (Å²) in [4.78, 5) is 3.80. The van der Waals surface area contributed by atoms with Crippen molar-refractivity contribution in [2.24, 2.45) is 0 Å². The summed E-state index contributed by atoms with van der Waals surface area (Å²) in [5.74, 6) is 1.05. The molecule has 2 N–H and O–H groups in total. The van der Waals surface area contributed by atoms with Gasteiger partial charge in [-0.15, -0.1) is 17.0 Å². The molecule has 0 bridgehead atoms. The Balaban J connectivity index is 0.000000810. The van der Waals surface area contributed by atoms with Crippen molar-refractivity contribution in [3.8, 4) is 5.75 Å². The number of nitrogens with zero attached hydrogens (tertiary/aromatic N) is 1. The molecular weight excluding hydrogens is 196 g/mol. The van der Waals surface area contributed by atoms with Gasteiger partial charge in [-0.05, 0) is 12.1 Å². The van der Waals surface area contributed by atoms with E-state index in [1.54, 1.807) is 25.4 Å². The van der Waals surface area contributed by atoms with Gasteiger partial charge in [-0.25, -0.2) is 4.98 Å². The first-order valence-electron chi connectivity index (χ1n) is 2.59. The number of nitrogen functional groups attached to an aromatic ring is 1. The fourth-order valence-corrected chi connectivity index (χ4v) is 0.575. The maximum atomic E-state index is 5.39. The lowest BCUT2D eigenvalue weighted by atomic mass is 10.4. The third kappa shape index (κ3) is 1.88. The number of hydrogen-bond acceptors (Lipinski definition) is 3. The summed E-state index contributed by atoms with van der Waals surface area (Å²) in [6, 6.07) is 3.54. The van der Waals surface area contributed by atoms with Crippen LogP contribution < -0.4 is 10.5 Å². The van der Waals surface area contributed by atoms with Crippen LogP contribution in [0, 0.1) is 0 Å². The van der Waals surface area contributed by atoms with Crippen LogP contribution in [-0.2, 0) is 0 Å². The van der Waals surface area contributed by atoms with Crippen molar-refractivity contribution < 1.29 is 4.74 Å². The number of anilines is 1. The average Bonchev–Trinajstić information content (AvgIpc) is 1.89. The van der Waals surface area contributed by atoms with Crippen molar-refractivity contribution in [1.29, 1.82) is 0 Å². The molecule has 1 aromatic heterocycles. The Morgan fingerprint density at radius 2 is 2.30 bits per heavy atom. The van der Waals surface area contributed by atoms with E-state index in [0.717, 1.165) is 0 Å². The van der Waals surface area contributed by atoms with Crippen molar-refractivity contribution in [2.75, 3.05) is 12.8 Å². The molecule has 3 nitrogen and oxygen atoms in total. The Morgan fingerprint density at radius 1 is 1.60 bits per heavy atom. The maximum absolute atomic E-state index is 5.39. The van der Waals surface area contributed by atoms with Crippen LogP contribution in [0.25, 0.3) is 0 Å². The number of hydrogen-bond donors (Lipinski definition) is 1. The van der Waals surface area contributed by atoms with E-state index in [0.29, 0.717) is 11.6 Å². The molecule has 1 heterocycles. The van der Waals surface area contributed by atoms with Gasteiger partial charge in [0.05, 0.1) is 7.11 Å². The van der Waals surface area contributed by atoms with Crippen molar-refractivity contribution in [3.05, 3.63) is 18.3 Å². The number of ether oxygens (including phenoxy) is 1. The molecule has 0 aromatic carbocycles. The third-order valence-corrected chi connectivity index (χ3v) is 1.02. The Bertz CT molecular complexity index is 205. The van der Waals surface area contributed by atoms with Crippen molar-refractivity contribution in [2.45, 2.75) is 0 Å². The van der Waals surface area contributed by atoms with Gasteiger partial charge in [0, 0.05) is 6.20 Å². The molecule has 0 fully saturated rings. The predicted molar refractivity (Wildman–Crippen MR) is 45.5 cm³/mol. The van der Waals surface area contributed by atoms with Crippen LogP contribution in [0.5, 0.6) is 5.75 Å². The number of methoxy groups -OCH3 is 1. The highest BCUT2D eigenvalue weighted by Gasteiger charge is 1.93. The SMILES string of the molecule is Br.COc1cccnc1N. The first-order valence-corrected chi connectivity index (χ1v) is 2.59. The molecule has 4 heteroatoms. The molecule has 0 atom stereocenters. The molecule has 0 saturated heterocycles. The summed E-state index contributed by atoms with van der Waals surface area (Å²) < 4.78 is 4.86. The van der Waals surface area contributed by atoms with Crippen LogP contribution in [0.4, 0.5) is 5.82 Å². The third-order valence-electron chi connectivity index (χ3n) is 1.02. The molecule has 0 amide bonds. The van der Waals surface area contributed by atoms with Gasteiger partial charge < -0.3 is 10.5 Å². The highest BCUT2D eigenvalue weighted by atomic mass is 79.9. The number of aromatic nitrogens is 1. The molecule has 56 valence electrons. The summed E-state index contributed by atoms with van der Waals surface area (Å²) >= 11 is 0. The summed E-state index contributed by atoms with van der Waals surface area (Å²) in [7, 11) is 1.56. The van der Waals surface area contributed by atoms with E-state index >= 15 is 0 Å². The molecule has 0 aliphatic heterocycles. The van der Waals surface area contributed by atoms with E-state index in [2.05, 4.69) is 4.98 Å². The first-order chi connectivity index (χ1) is 4.34. The zero-order valence-corrected chi connectivity index (χ0v) is 7.29. The molecule has 0 saturated carbocycles. The van der Waals surface area contributed by atoms with Gasteiger partial charge >= 0.3 is 0 Å². The fraction of sp³-hybridized carbons (Fsp3) is 0.167. The topological polar surface area (TPSA) is 48.1 Å². The largest absolute Gasteiger partial charge is 0.493 e. The summed E-state index contributed by atoms with van der Waals surface area (Å²) in [6.07, 6.45) is 1.62. The maximum Gasteiger partial charge on any atom is 0.166 e. The monoisotopic (exact) mass is 204 g/mol. The molecule has 0 aliphatic carbocycles. The normalized spacial score (nSPS) is 8.10. The molecule has 1 aromatic rings. The van der Waals surface area contributed by atoms with Gasteiger partial charge in [-0.2, -0.15) is 0 Å². The first kappa shape index (κ1) is 9.23. The molecular formula is C6H9BrN2O. The summed E-state index contributed by atoms with van der Waals surface area (Å²) in [6.45, 7) is 0. The van der Waals surface area contributed by atoms with Gasteiger partial charge in [0.1, 0.15) is 0 Å². The number of nitrogens with two attached hydrogens (primary N) is 1. The Morgan fingerprint density at radius 3 is 2.70 bits per heavy atom. The van der Waals surface area contributed by atoms with Crippen LogP contribution in [0.1, 0.15) is 0 Å². The van der Waals surface area contributed by atoms with Crippen molar-refractivity contribution in [3.63, 3.8) is 0 Å². The second-order valence-electron chi connectivity index (χ2n) is 1.59. The quantitative estimate of drug-likeness (QED) is 0.750. The minimum Gasteiger partial charge on any atom is -0.493 e.